The van der Waals surface area contributed by atoms with Crippen molar-refractivity contribution in [2.75, 3.05) is 16.2 Å². The van der Waals surface area contributed by atoms with Crippen molar-refractivity contribution in [3.8, 4) is 0 Å². The quantitative estimate of drug-likeness (QED) is 0.605. The average molecular weight is 435 g/mol. The molecule has 0 aliphatic carbocycles. The number of amides is 1. The molecule has 0 saturated carbocycles. The van der Waals surface area contributed by atoms with E-state index < -0.39 is 10.0 Å². The van der Waals surface area contributed by atoms with Gasteiger partial charge in [-0.15, -0.1) is 0 Å². The summed E-state index contributed by atoms with van der Waals surface area (Å²) in [7, 11) is -3.75. The maximum atomic E-state index is 13.3. The Morgan fingerprint density at radius 1 is 0.935 bits per heavy atom. The van der Waals surface area contributed by atoms with Crippen LogP contribution in [0.4, 0.5) is 11.4 Å². The molecular weight excluding hydrogens is 408 g/mol. The molecule has 31 heavy (non-hydrogen) atoms. The van der Waals surface area contributed by atoms with Crippen LogP contribution in [0.5, 0.6) is 0 Å². The van der Waals surface area contributed by atoms with Gasteiger partial charge in [-0.2, -0.15) is 0 Å². The first kappa shape index (κ1) is 21.1. The fourth-order valence-corrected chi connectivity index (χ4v) is 5.62. The predicted molar refractivity (Wildman–Crippen MR) is 124 cm³/mol. The van der Waals surface area contributed by atoms with Crippen molar-refractivity contribution in [2.45, 2.75) is 38.0 Å². The third-order valence-electron chi connectivity index (χ3n) is 5.77. The maximum absolute atomic E-state index is 13.3. The van der Waals surface area contributed by atoms with Crippen molar-refractivity contribution in [1.29, 1.82) is 0 Å². The van der Waals surface area contributed by atoms with Crippen LogP contribution in [0.2, 0.25) is 0 Å². The first-order chi connectivity index (χ1) is 15.0. The number of hydrogen-bond acceptors (Lipinski definition) is 3. The van der Waals surface area contributed by atoms with Crippen LogP contribution in [-0.4, -0.2) is 20.9 Å². The molecule has 1 aliphatic heterocycles. The van der Waals surface area contributed by atoms with E-state index in [0.717, 1.165) is 35.2 Å². The molecule has 5 nitrogen and oxygen atoms in total. The minimum absolute atomic E-state index is 0.122. The smallest absolute Gasteiger partial charge is 0.264 e. The Hall–Kier alpha value is -3.12. The van der Waals surface area contributed by atoms with Crippen molar-refractivity contribution in [3.63, 3.8) is 0 Å². The Morgan fingerprint density at radius 2 is 1.61 bits per heavy atom. The average Bonchev–Trinajstić information content (AvgIpc) is 3.24. The molecule has 0 aromatic heterocycles. The van der Waals surface area contributed by atoms with E-state index in [1.165, 1.54) is 10.4 Å². The lowest BCUT2D eigenvalue weighted by Gasteiger charge is -2.20. The van der Waals surface area contributed by atoms with Crippen LogP contribution in [0.3, 0.4) is 0 Å². The number of benzene rings is 3. The maximum Gasteiger partial charge on any atom is 0.264 e. The molecule has 1 N–H and O–H groups in total. The summed E-state index contributed by atoms with van der Waals surface area (Å²) < 4.78 is 28.1. The number of nitrogens with zero attached hydrogens (tertiary/aromatic N) is 1. The summed E-state index contributed by atoms with van der Waals surface area (Å²) in [6, 6.07) is 19.8. The Kier molecular flexibility index (Phi) is 5.83. The van der Waals surface area contributed by atoms with Gasteiger partial charge in [-0.05, 0) is 60.2 Å². The molecule has 0 unspecified atom stereocenters. The summed E-state index contributed by atoms with van der Waals surface area (Å²) in [5.41, 5.74) is 4.99. The lowest BCUT2D eigenvalue weighted by atomic mass is 10.0. The molecule has 6 heteroatoms. The van der Waals surface area contributed by atoms with E-state index in [1.807, 2.05) is 56.3 Å². The number of aryl methyl sites for hydroxylation is 2. The molecule has 160 valence electrons. The van der Waals surface area contributed by atoms with Gasteiger partial charge in [0, 0.05) is 17.8 Å². The molecule has 1 amide bonds. The summed E-state index contributed by atoms with van der Waals surface area (Å²) in [5.74, 6) is -0.311. The van der Waals surface area contributed by atoms with Gasteiger partial charge in [-0.1, -0.05) is 56.3 Å². The highest BCUT2D eigenvalue weighted by Gasteiger charge is 2.31. The predicted octanol–water partition coefficient (Wildman–Crippen LogP) is 4.82. The highest BCUT2D eigenvalue weighted by Crippen LogP contribution is 2.33. The van der Waals surface area contributed by atoms with Crippen molar-refractivity contribution >= 4 is 27.3 Å². The van der Waals surface area contributed by atoms with Gasteiger partial charge in [0.2, 0.25) is 0 Å². The summed E-state index contributed by atoms with van der Waals surface area (Å²) in [4.78, 5) is 13.2. The zero-order valence-electron chi connectivity index (χ0n) is 17.8. The molecule has 3 aromatic rings. The first-order valence-electron chi connectivity index (χ1n) is 10.6. The SMILES string of the molecule is CCc1cccc(CC)c1NC(=O)c1cccc(S(=O)(=O)N2CCc3ccccc32)c1. The highest BCUT2D eigenvalue weighted by molar-refractivity contribution is 7.92. The van der Waals surface area contributed by atoms with E-state index >= 15 is 0 Å². The van der Waals surface area contributed by atoms with E-state index in [9.17, 15) is 13.2 Å². The van der Waals surface area contributed by atoms with Crippen molar-refractivity contribution in [1.82, 2.24) is 0 Å². The summed E-state index contributed by atoms with van der Waals surface area (Å²) >= 11 is 0. The monoisotopic (exact) mass is 434 g/mol. The zero-order chi connectivity index (χ0) is 22.0. The van der Waals surface area contributed by atoms with Crippen LogP contribution in [0.25, 0.3) is 0 Å². The van der Waals surface area contributed by atoms with E-state index in [1.54, 1.807) is 18.2 Å². The Labute approximate surface area is 183 Å². The molecule has 0 bridgehead atoms. The zero-order valence-corrected chi connectivity index (χ0v) is 18.6. The fourth-order valence-electron chi connectivity index (χ4n) is 4.07. The molecule has 1 aliphatic rings. The van der Waals surface area contributed by atoms with Gasteiger partial charge in [-0.3, -0.25) is 9.10 Å². The molecule has 0 saturated heterocycles. The third-order valence-corrected chi connectivity index (χ3v) is 7.58. The minimum Gasteiger partial charge on any atom is -0.321 e. The normalized spacial score (nSPS) is 13.2. The van der Waals surface area contributed by atoms with Crippen LogP contribution >= 0.6 is 0 Å². The van der Waals surface area contributed by atoms with Crippen LogP contribution in [0, 0.1) is 0 Å². The molecule has 4 rings (SSSR count). The van der Waals surface area contributed by atoms with Gasteiger partial charge >= 0.3 is 0 Å². The van der Waals surface area contributed by atoms with Gasteiger partial charge in [0.25, 0.3) is 15.9 Å². The van der Waals surface area contributed by atoms with E-state index in [4.69, 9.17) is 0 Å². The van der Waals surface area contributed by atoms with Crippen molar-refractivity contribution in [3.05, 3.63) is 89.0 Å². The van der Waals surface area contributed by atoms with Crippen LogP contribution < -0.4 is 9.62 Å². The van der Waals surface area contributed by atoms with Crippen LogP contribution in [-0.2, 0) is 29.3 Å². The van der Waals surface area contributed by atoms with E-state index in [2.05, 4.69) is 5.32 Å². The third kappa shape index (κ3) is 3.95. The second-order valence-electron chi connectivity index (χ2n) is 7.60. The van der Waals surface area contributed by atoms with Gasteiger partial charge in [0.05, 0.1) is 10.6 Å². The Morgan fingerprint density at radius 3 is 2.32 bits per heavy atom. The lowest BCUT2D eigenvalue weighted by Crippen LogP contribution is -2.29. The number of carbonyl (C=O) groups excluding carboxylic acids is 1. The second kappa shape index (κ2) is 8.55. The van der Waals surface area contributed by atoms with Crippen molar-refractivity contribution in [2.24, 2.45) is 0 Å². The van der Waals surface area contributed by atoms with Gasteiger partial charge in [0.15, 0.2) is 0 Å². The number of sulfonamides is 1. The molecule has 0 radical (unpaired) electrons. The Bertz CT molecular complexity index is 1210. The van der Waals surface area contributed by atoms with Gasteiger partial charge in [0.1, 0.15) is 0 Å². The largest absolute Gasteiger partial charge is 0.321 e. The second-order valence-corrected chi connectivity index (χ2v) is 9.46. The lowest BCUT2D eigenvalue weighted by molar-refractivity contribution is 0.102. The number of fused-ring (bicyclic) bond motifs is 1. The summed E-state index contributed by atoms with van der Waals surface area (Å²) in [5, 5.41) is 3.01. The molecule has 0 atom stereocenters. The molecule has 0 spiro atoms. The molecular formula is C25H26N2O3S. The number of carbonyl (C=O) groups is 1. The van der Waals surface area contributed by atoms with Crippen LogP contribution in [0.1, 0.15) is 40.9 Å². The first-order valence-corrected chi connectivity index (χ1v) is 12.0. The highest BCUT2D eigenvalue weighted by atomic mass is 32.2. The number of para-hydroxylation sites is 2. The number of anilines is 2. The number of hydrogen-bond donors (Lipinski definition) is 1. The molecule has 0 fully saturated rings. The number of rotatable bonds is 6. The van der Waals surface area contributed by atoms with E-state index in [0.29, 0.717) is 24.2 Å². The molecule has 3 aromatic carbocycles. The fraction of sp³-hybridized carbons (Fsp3) is 0.240. The van der Waals surface area contributed by atoms with Gasteiger partial charge < -0.3 is 5.32 Å². The van der Waals surface area contributed by atoms with E-state index in [-0.39, 0.29) is 10.8 Å². The van der Waals surface area contributed by atoms with Gasteiger partial charge in [-0.25, -0.2) is 8.42 Å². The van der Waals surface area contributed by atoms with Crippen LogP contribution in [0.15, 0.2) is 71.6 Å². The van der Waals surface area contributed by atoms with Crippen molar-refractivity contribution < 1.29 is 13.2 Å². The molecule has 1 heterocycles. The summed E-state index contributed by atoms with van der Waals surface area (Å²) in [6.07, 6.45) is 2.28. The summed E-state index contributed by atoms with van der Waals surface area (Å²) in [6.45, 7) is 4.50. The topological polar surface area (TPSA) is 66.5 Å². The number of nitrogens with one attached hydrogen (secondary N) is 1. The minimum atomic E-state index is -3.75. The standard InChI is InChI=1S/C25H26N2O3S/c1-3-18-10-7-11-19(4-2)24(18)26-25(28)21-12-8-13-22(17-21)31(29,30)27-16-15-20-9-5-6-14-23(20)27/h5-14,17H,3-4,15-16H2,1-2H3,(H,26,28). The Balaban J connectivity index is 1.65.